The Balaban J connectivity index is 2.14. The molecule has 1 fully saturated rings. The second-order valence-corrected chi connectivity index (χ2v) is 5.23. The lowest BCUT2D eigenvalue weighted by atomic mass is 9.80. The predicted molar refractivity (Wildman–Crippen MR) is 72.5 cm³/mol. The van der Waals surface area contributed by atoms with Crippen molar-refractivity contribution in [3.63, 3.8) is 0 Å². The fourth-order valence-corrected chi connectivity index (χ4v) is 2.53. The zero-order chi connectivity index (χ0) is 13.1. The molecule has 1 aromatic rings. The SMILES string of the molecule is CCc1cnccc1C(=O)N(C)[C@@H](C)C1CCC1. The molecule has 3 nitrogen and oxygen atoms in total. The Bertz CT molecular complexity index is 426. The quantitative estimate of drug-likeness (QED) is 0.818. The summed E-state index contributed by atoms with van der Waals surface area (Å²) in [6.45, 7) is 4.22. The molecule has 1 saturated carbocycles. The molecule has 1 aromatic heterocycles. The second kappa shape index (κ2) is 5.51. The molecule has 1 amide bonds. The summed E-state index contributed by atoms with van der Waals surface area (Å²) in [5, 5.41) is 0. The van der Waals surface area contributed by atoms with Gasteiger partial charge in [-0.3, -0.25) is 9.78 Å². The van der Waals surface area contributed by atoms with E-state index in [4.69, 9.17) is 0 Å². The van der Waals surface area contributed by atoms with E-state index in [1.165, 1.54) is 19.3 Å². The number of aryl methyl sites for hydroxylation is 1. The third-order valence-corrected chi connectivity index (χ3v) is 4.28. The zero-order valence-corrected chi connectivity index (χ0v) is 11.5. The van der Waals surface area contributed by atoms with Gasteiger partial charge in [0.1, 0.15) is 0 Å². The summed E-state index contributed by atoms with van der Waals surface area (Å²) in [4.78, 5) is 18.5. The van der Waals surface area contributed by atoms with E-state index in [-0.39, 0.29) is 5.91 Å². The zero-order valence-electron chi connectivity index (χ0n) is 11.5. The molecular weight excluding hydrogens is 224 g/mol. The van der Waals surface area contributed by atoms with Crippen molar-refractivity contribution in [1.29, 1.82) is 0 Å². The van der Waals surface area contributed by atoms with E-state index in [2.05, 4.69) is 18.8 Å². The van der Waals surface area contributed by atoms with E-state index in [0.717, 1.165) is 17.5 Å². The topological polar surface area (TPSA) is 33.2 Å². The molecule has 1 atom stereocenters. The fourth-order valence-electron chi connectivity index (χ4n) is 2.53. The Labute approximate surface area is 109 Å². The van der Waals surface area contributed by atoms with Crippen LogP contribution in [0.15, 0.2) is 18.5 Å². The van der Waals surface area contributed by atoms with Crippen molar-refractivity contribution in [2.75, 3.05) is 7.05 Å². The van der Waals surface area contributed by atoms with Gasteiger partial charge in [-0.05, 0) is 43.7 Å². The average molecular weight is 246 g/mol. The number of amides is 1. The van der Waals surface area contributed by atoms with Crippen LogP contribution in [0.2, 0.25) is 0 Å². The van der Waals surface area contributed by atoms with E-state index in [9.17, 15) is 4.79 Å². The maximum atomic E-state index is 12.5. The first kappa shape index (κ1) is 13.1. The standard InChI is InChI=1S/C15H22N2O/c1-4-12-10-16-9-8-14(12)15(18)17(3)11(2)13-6-5-7-13/h8-11,13H,4-7H2,1-3H3/t11-/m0/s1. The molecule has 0 spiro atoms. The molecule has 1 heterocycles. The maximum absolute atomic E-state index is 12.5. The summed E-state index contributed by atoms with van der Waals surface area (Å²) in [5.74, 6) is 0.819. The van der Waals surface area contributed by atoms with Crippen molar-refractivity contribution in [2.24, 2.45) is 5.92 Å². The van der Waals surface area contributed by atoms with Gasteiger partial charge in [-0.25, -0.2) is 0 Å². The van der Waals surface area contributed by atoms with Gasteiger partial charge in [-0.15, -0.1) is 0 Å². The fraction of sp³-hybridized carbons (Fsp3) is 0.600. The molecule has 0 aliphatic heterocycles. The van der Waals surface area contributed by atoms with Gasteiger partial charge in [0, 0.05) is 31.0 Å². The predicted octanol–water partition coefficient (Wildman–Crippen LogP) is 2.90. The molecule has 0 N–H and O–H groups in total. The molecular formula is C15H22N2O. The maximum Gasteiger partial charge on any atom is 0.254 e. The lowest BCUT2D eigenvalue weighted by molar-refractivity contribution is 0.0628. The minimum Gasteiger partial charge on any atom is -0.339 e. The Morgan fingerprint density at radius 1 is 1.56 bits per heavy atom. The van der Waals surface area contributed by atoms with Crippen LogP contribution in [0.3, 0.4) is 0 Å². The van der Waals surface area contributed by atoms with Crippen molar-refractivity contribution < 1.29 is 4.79 Å². The average Bonchev–Trinajstić information content (AvgIpc) is 2.34. The van der Waals surface area contributed by atoms with E-state index < -0.39 is 0 Å². The van der Waals surface area contributed by atoms with Crippen LogP contribution in [0.4, 0.5) is 0 Å². The van der Waals surface area contributed by atoms with Crippen LogP contribution in [-0.4, -0.2) is 28.9 Å². The number of carbonyl (C=O) groups is 1. The highest BCUT2D eigenvalue weighted by Crippen LogP contribution is 2.32. The number of aromatic nitrogens is 1. The first-order valence-electron chi connectivity index (χ1n) is 6.85. The van der Waals surface area contributed by atoms with Gasteiger partial charge in [0.05, 0.1) is 0 Å². The summed E-state index contributed by atoms with van der Waals surface area (Å²) >= 11 is 0. The molecule has 0 unspecified atom stereocenters. The second-order valence-electron chi connectivity index (χ2n) is 5.23. The van der Waals surface area contributed by atoms with Crippen LogP contribution in [0, 0.1) is 5.92 Å². The van der Waals surface area contributed by atoms with Crippen LogP contribution in [-0.2, 0) is 6.42 Å². The molecule has 3 heteroatoms. The van der Waals surface area contributed by atoms with E-state index >= 15 is 0 Å². The highest BCUT2D eigenvalue weighted by Gasteiger charge is 2.29. The summed E-state index contributed by atoms with van der Waals surface area (Å²) < 4.78 is 0. The van der Waals surface area contributed by atoms with Gasteiger partial charge >= 0.3 is 0 Å². The van der Waals surface area contributed by atoms with Crippen LogP contribution in [0.1, 0.15) is 49.0 Å². The lowest BCUT2D eigenvalue weighted by Gasteiger charge is -2.37. The Morgan fingerprint density at radius 2 is 2.28 bits per heavy atom. The van der Waals surface area contributed by atoms with Gasteiger partial charge in [-0.2, -0.15) is 0 Å². The first-order chi connectivity index (χ1) is 8.65. The Kier molecular flexibility index (Phi) is 4.00. The summed E-state index contributed by atoms with van der Waals surface area (Å²) in [7, 11) is 1.92. The van der Waals surface area contributed by atoms with Gasteiger partial charge < -0.3 is 4.90 Å². The molecule has 0 aromatic carbocycles. The number of carbonyl (C=O) groups excluding carboxylic acids is 1. The van der Waals surface area contributed by atoms with Gasteiger partial charge in [0.2, 0.25) is 0 Å². The summed E-state index contributed by atoms with van der Waals surface area (Å²) in [6.07, 6.45) is 8.18. The monoisotopic (exact) mass is 246 g/mol. The normalized spacial score (nSPS) is 17.1. The number of hydrogen-bond donors (Lipinski definition) is 0. The first-order valence-corrected chi connectivity index (χ1v) is 6.85. The highest BCUT2D eigenvalue weighted by atomic mass is 16.2. The number of pyridine rings is 1. The minimum absolute atomic E-state index is 0.133. The van der Waals surface area contributed by atoms with E-state index in [1.54, 1.807) is 12.4 Å². The van der Waals surface area contributed by atoms with E-state index in [0.29, 0.717) is 12.0 Å². The molecule has 2 rings (SSSR count). The van der Waals surface area contributed by atoms with Crippen molar-refractivity contribution >= 4 is 5.91 Å². The van der Waals surface area contributed by atoms with Gasteiger partial charge in [0.15, 0.2) is 0 Å². The largest absolute Gasteiger partial charge is 0.339 e. The van der Waals surface area contributed by atoms with Crippen molar-refractivity contribution in [3.8, 4) is 0 Å². The lowest BCUT2D eigenvalue weighted by Crippen LogP contribution is -2.42. The van der Waals surface area contributed by atoms with Gasteiger partial charge in [0.25, 0.3) is 5.91 Å². The van der Waals surface area contributed by atoms with Crippen LogP contribution < -0.4 is 0 Å². The molecule has 18 heavy (non-hydrogen) atoms. The van der Waals surface area contributed by atoms with Crippen LogP contribution >= 0.6 is 0 Å². The minimum atomic E-state index is 0.133. The van der Waals surface area contributed by atoms with Crippen molar-refractivity contribution in [2.45, 2.75) is 45.6 Å². The van der Waals surface area contributed by atoms with Crippen molar-refractivity contribution in [3.05, 3.63) is 29.6 Å². The number of rotatable bonds is 4. The molecule has 0 saturated heterocycles. The molecule has 98 valence electrons. The Hall–Kier alpha value is -1.38. The third kappa shape index (κ3) is 2.40. The van der Waals surface area contributed by atoms with E-state index in [1.807, 2.05) is 18.0 Å². The molecule has 0 radical (unpaired) electrons. The summed E-state index contributed by atoms with van der Waals surface area (Å²) in [5.41, 5.74) is 1.84. The number of nitrogens with zero attached hydrogens (tertiary/aromatic N) is 2. The summed E-state index contributed by atoms with van der Waals surface area (Å²) in [6, 6.07) is 2.18. The van der Waals surface area contributed by atoms with Crippen molar-refractivity contribution in [1.82, 2.24) is 9.88 Å². The smallest absolute Gasteiger partial charge is 0.254 e. The van der Waals surface area contributed by atoms with Gasteiger partial charge in [-0.1, -0.05) is 13.3 Å². The number of hydrogen-bond acceptors (Lipinski definition) is 2. The molecule has 1 aliphatic rings. The van der Waals surface area contributed by atoms with Crippen LogP contribution in [0.25, 0.3) is 0 Å². The van der Waals surface area contributed by atoms with Crippen LogP contribution in [0.5, 0.6) is 0 Å². The molecule has 1 aliphatic carbocycles. The third-order valence-electron chi connectivity index (χ3n) is 4.28. The highest BCUT2D eigenvalue weighted by molar-refractivity contribution is 5.95. The Morgan fingerprint density at radius 3 is 2.83 bits per heavy atom. The molecule has 0 bridgehead atoms.